The first kappa shape index (κ1) is 18.4. The summed E-state index contributed by atoms with van der Waals surface area (Å²) in [6.45, 7) is 8.17. The van der Waals surface area contributed by atoms with Gasteiger partial charge in [0, 0.05) is 23.0 Å². The molecule has 0 aliphatic rings. The Balaban J connectivity index is 1.71. The summed E-state index contributed by atoms with van der Waals surface area (Å²) in [7, 11) is 0. The number of H-pyrrole nitrogens is 1. The standard InChI is InChI=1S/C19H21FN4OS/c1-11(2)24-12(3)9-15(13(24)4)17(25)10-26-19-21-18(22-23-19)14-7-5-6-8-16(14)20/h5-9,11H,10H2,1-4H3,(H,21,22,23). The van der Waals surface area contributed by atoms with E-state index in [2.05, 4.69) is 33.6 Å². The van der Waals surface area contributed by atoms with Crippen LogP contribution in [-0.4, -0.2) is 31.3 Å². The van der Waals surface area contributed by atoms with Crippen molar-refractivity contribution >= 4 is 17.5 Å². The number of carbonyl (C=O) groups excluding carboxylic acids is 1. The third-order valence-electron chi connectivity index (χ3n) is 4.23. The number of carbonyl (C=O) groups is 1. The predicted octanol–water partition coefficient (Wildman–Crippen LogP) is 4.59. The molecule has 0 radical (unpaired) electrons. The molecule has 2 heterocycles. The molecule has 1 N–H and O–H groups in total. The van der Waals surface area contributed by atoms with Gasteiger partial charge < -0.3 is 4.57 Å². The van der Waals surface area contributed by atoms with E-state index in [4.69, 9.17) is 0 Å². The Hall–Kier alpha value is -2.41. The number of thioether (sulfide) groups is 1. The topological polar surface area (TPSA) is 63.6 Å². The molecule has 7 heteroatoms. The number of hydrogen-bond donors (Lipinski definition) is 1. The van der Waals surface area contributed by atoms with Crippen molar-refractivity contribution in [3.63, 3.8) is 0 Å². The van der Waals surface area contributed by atoms with E-state index in [1.54, 1.807) is 18.2 Å². The third-order valence-corrected chi connectivity index (χ3v) is 5.07. The highest BCUT2D eigenvalue weighted by Gasteiger charge is 2.18. The van der Waals surface area contributed by atoms with Gasteiger partial charge in [-0.1, -0.05) is 23.9 Å². The van der Waals surface area contributed by atoms with Crippen LogP contribution < -0.4 is 0 Å². The van der Waals surface area contributed by atoms with Crippen molar-refractivity contribution in [2.75, 3.05) is 5.75 Å². The van der Waals surface area contributed by atoms with Crippen LogP contribution >= 0.6 is 11.8 Å². The number of hydrogen-bond acceptors (Lipinski definition) is 4. The molecule has 0 bridgehead atoms. The number of aromatic nitrogens is 4. The molecule has 0 fully saturated rings. The highest BCUT2D eigenvalue weighted by atomic mass is 32.2. The van der Waals surface area contributed by atoms with Crippen LogP contribution in [0.3, 0.4) is 0 Å². The number of benzene rings is 1. The first-order valence-corrected chi connectivity index (χ1v) is 9.38. The van der Waals surface area contributed by atoms with E-state index in [1.807, 2.05) is 19.9 Å². The van der Waals surface area contributed by atoms with Crippen LogP contribution in [-0.2, 0) is 0 Å². The third kappa shape index (κ3) is 3.58. The lowest BCUT2D eigenvalue weighted by Gasteiger charge is -2.13. The van der Waals surface area contributed by atoms with Gasteiger partial charge >= 0.3 is 0 Å². The second kappa shape index (κ2) is 7.45. The van der Waals surface area contributed by atoms with Crippen LogP contribution in [0.2, 0.25) is 0 Å². The zero-order valence-electron chi connectivity index (χ0n) is 15.2. The van der Waals surface area contributed by atoms with Crippen molar-refractivity contribution in [3.05, 3.63) is 53.1 Å². The molecule has 0 aliphatic carbocycles. The minimum atomic E-state index is -0.364. The molecule has 2 aromatic heterocycles. The van der Waals surface area contributed by atoms with Gasteiger partial charge in [-0.05, 0) is 45.9 Å². The Bertz CT molecular complexity index is 945. The SMILES string of the molecule is Cc1cc(C(=O)CSc2n[nH]c(-c3ccccc3F)n2)c(C)n1C(C)C. The van der Waals surface area contributed by atoms with Crippen LogP contribution in [0.5, 0.6) is 0 Å². The molecule has 0 spiro atoms. The van der Waals surface area contributed by atoms with Crippen LogP contribution in [0.1, 0.15) is 41.6 Å². The fraction of sp³-hybridized carbons (Fsp3) is 0.316. The van der Waals surface area contributed by atoms with Gasteiger partial charge in [0.1, 0.15) is 5.82 Å². The van der Waals surface area contributed by atoms with Gasteiger partial charge in [-0.25, -0.2) is 9.37 Å². The number of ketones is 1. The number of aryl methyl sites for hydroxylation is 1. The highest BCUT2D eigenvalue weighted by molar-refractivity contribution is 7.99. The fourth-order valence-electron chi connectivity index (χ4n) is 3.15. The maximum atomic E-state index is 13.8. The first-order chi connectivity index (χ1) is 12.4. The summed E-state index contributed by atoms with van der Waals surface area (Å²) in [6, 6.07) is 8.61. The lowest BCUT2D eigenvalue weighted by Crippen LogP contribution is -2.08. The molecule has 0 aliphatic heterocycles. The molecular formula is C19H21FN4OS. The van der Waals surface area contributed by atoms with E-state index in [9.17, 15) is 9.18 Å². The first-order valence-electron chi connectivity index (χ1n) is 8.40. The van der Waals surface area contributed by atoms with Crippen LogP contribution in [0.15, 0.2) is 35.5 Å². The van der Waals surface area contributed by atoms with Crippen LogP contribution in [0, 0.1) is 19.7 Å². The van der Waals surface area contributed by atoms with Crippen molar-refractivity contribution in [1.29, 1.82) is 0 Å². The summed E-state index contributed by atoms with van der Waals surface area (Å²) < 4.78 is 16.0. The largest absolute Gasteiger partial charge is 0.346 e. The molecule has 3 rings (SSSR count). The summed E-state index contributed by atoms with van der Waals surface area (Å²) in [4.78, 5) is 16.9. The molecule has 26 heavy (non-hydrogen) atoms. The van der Waals surface area contributed by atoms with Gasteiger partial charge in [0.2, 0.25) is 5.16 Å². The molecule has 0 amide bonds. The van der Waals surface area contributed by atoms with E-state index in [0.29, 0.717) is 22.6 Å². The summed E-state index contributed by atoms with van der Waals surface area (Å²) in [5.41, 5.74) is 3.14. The number of aromatic amines is 1. The summed E-state index contributed by atoms with van der Waals surface area (Å²) >= 11 is 1.24. The minimum absolute atomic E-state index is 0.0345. The highest BCUT2D eigenvalue weighted by Crippen LogP contribution is 2.24. The zero-order chi connectivity index (χ0) is 18.8. The monoisotopic (exact) mass is 372 g/mol. The van der Waals surface area contributed by atoms with Crippen molar-refractivity contribution in [1.82, 2.24) is 19.7 Å². The molecule has 0 saturated heterocycles. The Kier molecular flexibility index (Phi) is 5.27. The van der Waals surface area contributed by atoms with E-state index in [-0.39, 0.29) is 17.4 Å². The van der Waals surface area contributed by atoms with Gasteiger partial charge in [-0.3, -0.25) is 9.89 Å². The Labute approximate surface area is 156 Å². The number of rotatable bonds is 6. The molecule has 0 unspecified atom stereocenters. The van der Waals surface area contributed by atoms with Gasteiger partial charge in [0.05, 0.1) is 11.3 Å². The molecule has 136 valence electrons. The Morgan fingerprint density at radius 3 is 2.69 bits per heavy atom. The maximum Gasteiger partial charge on any atom is 0.209 e. The fourth-order valence-corrected chi connectivity index (χ4v) is 3.83. The molecule has 0 atom stereocenters. The molecular weight excluding hydrogens is 351 g/mol. The lowest BCUT2D eigenvalue weighted by molar-refractivity contribution is 0.102. The van der Waals surface area contributed by atoms with E-state index in [1.165, 1.54) is 17.8 Å². The van der Waals surface area contributed by atoms with Crippen molar-refractivity contribution in [3.8, 4) is 11.4 Å². The van der Waals surface area contributed by atoms with Crippen molar-refractivity contribution < 1.29 is 9.18 Å². The second-order valence-corrected chi connectivity index (χ2v) is 7.35. The average molecular weight is 372 g/mol. The van der Waals surface area contributed by atoms with Gasteiger partial charge in [0.25, 0.3) is 0 Å². The number of nitrogens with one attached hydrogen (secondary N) is 1. The number of nitrogens with zero attached hydrogens (tertiary/aromatic N) is 3. The predicted molar refractivity (Wildman–Crippen MR) is 101 cm³/mol. The maximum absolute atomic E-state index is 13.8. The average Bonchev–Trinajstić information content (AvgIpc) is 3.17. The zero-order valence-corrected chi connectivity index (χ0v) is 16.0. The Morgan fingerprint density at radius 1 is 1.31 bits per heavy atom. The normalized spacial score (nSPS) is 11.3. The summed E-state index contributed by atoms with van der Waals surface area (Å²) in [5.74, 6) is 0.261. The van der Waals surface area contributed by atoms with Crippen LogP contribution in [0.4, 0.5) is 4.39 Å². The molecule has 1 aromatic carbocycles. The quantitative estimate of drug-likeness (QED) is 0.508. The van der Waals surface area contributed by atoms with E-state index >= 15 is 0 Å². The molecule has 3 aromatic rings. The number of Topliss-reactive ketones (excluding diaryl/α,β-unsaturated/α-hetero) is 1. The summed E-state index contributed by atoms with van der Waals surface area (Å²) in [5, 5.41) is 7.23. The van der Waals surface area contributed by atoms with Gasteiger partial charge in [-0.15, -0.1) is 5.10 Å². The number of halogens is 1. The van der Waals surface area contributed by atoms with E-state index < -0.39 is 0 Å². The smallest absolute Gasteiger partial charge is 0.209 e. The van der Waals surface area contributed by atoms with Gasteiger partial charge in [-0.2, -0.15) is 0 Å². The lowest BCUT2D eigenvalue weighted by atomic mass is 10.2. The summed E-state index contributed by atoms with van der Waals surface area (Å²) in [6.07, 6.45) is 0. The van der Waals surface area contributed by atoms with E-state index in [0.717, 1.165) is 17.0 Å². The second-order valence-electron chi connectivity index (χ2n) is 6.41. The molecule has 5 nitrogen and oxygen atoms in total. The molecule has 0 saturated carbocycles. The minimum Gasteiger partial charge on any atom is -0.346 e. The van der Waals surface area contributed by atoms with Crippen molar-refractivity contribution in [2.45, 2.75) is 38.9 Å². The van der Waals surface area contributed by atoms with Gasteiger partial charge in [0.15, 0.2) is 11.6 Å². The van der Waals surface area contributed by atoms with Crippen molar-refractivity contribution in [2.24, 2.45) is 0 Å². The Morgan fingerprint density at radius 2 is 2.04 bits per heavy atom. The van der Waals surface area contributed by atoms with Crippen LogP contribution in [0.25, 0.3) is 11.4 Å².